The molecule has 5 fully saturated rings. The maximum absolute atomic E-state index is 14.9. The molecule has 7 rings (SSSR count). The van der Waals surface area contributed by atoms with Gasteiger partial charge in [-0.25, -0.2) is 9.69 Å². The van der Waals surface area contributed by atoms with Crippen molar-refractivity contribution in [3.63, 3.8) is 0 Å². The van der Waals surface area contributed by atoms with E-state index in [1.165, 1.54) is 65.4 Å². The summed E-state index contributed by atoms with van der Waals surface area (Å²) < 4.78 is 22.9. The van der Waals surface area contributed by atoms with Crippen molar-refractivity contribution in [3.8, 4) is 17.2 Å². The van der Waals surface area contributed by atoms with Crippen molar-refractivity contribution in [2.45, 2.75) is 168 Å². The normalized spacial score (nSPS) is 23.1. The Hall–Kier alpha value is -4.94. The first-order valence-electron chi connectivity index (χ1n) is 23.1. The van der Waals surface area contributed by atoms with Crippen molar-refractivity contribution in [1.82, 2.24) is 4.90 Å². The minimum absolute atomic E-state index is 0.154. The number of imide groups is 1. The Morgan fingerprint density at radius 1 is 0.790 bits per heavy atom. The van der Waals surface area contributed by atoms with Crippen LogP contribution in [-0.2, 0) is 28.7 Å². The number of nitrogens with zero attached hydrogens (tertiary/aromatic N) is 1. The highest BCUT2D eigenvalue weighted by atomic mass is 16.6. The number of hydrogen-bond acceptors (Lipinski definition) is 10. The molecule has 0 spiro atoms. The molecule has 2 unspecified atom stereocenters. The zero-order valence-electron chi connectivity index (χ0n) is 37.6. The molecular weight excluding hydrogens is 791 g/mol. The highest BCUT2D eigenvalue weighted by Crippen LogP contribution is 2.61. The van der Waals surface area contributed by atoms with Gasteiger partial charge in [0.25, 0.3) is 17.7 Å². The zero-order chi connectivity index (χ0) is 44.6. The van der Waals surface area contributed by atoms with Gasteiger partial charge in [0.2, 0.25) is 0 Å². The number of Topliss-reactive ketones (excluding diaryl/α,β-unsaturated/α-hetero) is 1. The summed E-state index contributed by atoms with van der Waals surface area (Å²) in [6.45, 7) is 10.3. The monoisotopic (exact) mass is 857 g/mol. The summed E-state index contributed by atoms with van der Waals surface area (Å²) in [6.07, 6.45) is 15.0. The smallest absolute Gasteiger partial charge is 0.418 e. The van der Waals surface area contributed by atoms with E-state index in [4.69, 9.17) is 18.9 Å². The van der Waals surface area contributed by atoms with Gasteiger partial charge in [-0.1, -0.05) is 64.7 Å². The number of ether oxygens (including phenoxy) is 4. The van der Waals surface area contributed by atoms with E-state index < -0.39 is 58.7 Å². The van der Waals surface area contributed by atoms with Crippen molar-refractivity contribution in [1.29, 1.82) is 0 Å². The van der Waals surface area contributed by atoms with Gasteiger partial charge in [0.1, 0.15) is 17.2 Å². The van der Waals surface area contributed by atoms with Crippen molar-refractivity contribution < 1.29 is 47.7 Å². The maximum Gasteiger partial charge on any atom is 0.418 e. The molecule has 13 heteroatoms. The molecule has 4 saturated carbocycles. The summed E-state index contributed by atoms with van der Waals surface area (Å²) in [5, 5.41) is 5.79. The number of esters is 1. The van der Waals surface area contributed by atoms with Gasteiger partial charge in [-0.2, -0.15) is 0 Å². The predicted octanol–water partition coefficient (Wildman–Crippen LogP) is 9.87. The van der Waals surface area contributed by atoms with Gasteiger partial charge in [0.15, 0.2) is 23.5 Å². The van der Waals surface area contributed by atoms with Crippen LogP contribution in [0, 0.1) is 30.1 Å². The minimum Gasteiger partial charge on any atom is -0.492 e. The number of rotatable bonds is 23. The maximum atomic E-state index is 14.9. The number of nitrogens with one attached hydrogen (secondary N) is 2. The van der Waals surface area contributed by atoms with Crippen LogP contribution >= 0.6 is 0 Å². The van der Waals surface area contributed by atoms with E-state index in [1.807, 2.05) is 0 Å². The molecule has 62 heavy (non-hydrogen) atoms. The quantitative estimate of drug-likeness (QED) is 0.0475. The zero-order valence-corrected chi connectivity index (χ0v) is 37.6. The van der Waals surface area contributed by atoms with Crippen LogP contribution < -0.4 is 24.8 Å². The van der Waals surface area contributed by atoms with E-state index in [0.29, 0.717) is 71.1 Å². The SMILES string of the molecule is CCCCCCCCCCCCC(Oc1ccc(OC(C)=O)c(C)c1)C(=O)Nc1ccc(OCC)c(NC(=O)C(C(=O)C23CC4CC(CC(C4)C2)C3)N2C(=O)OC(C)(C)C2=O)c1. The van der Waals surface area contributed by atoms with E-state index in [9.17, 15) is 28.8 Å². The summed E-state index contributed by atoms with van der Waals surface area (Å²) in [6, 6.07) is 8.07. The molecule has 1 heterocycles. The molecule has 13 nitrogen and oxygen atoms in total. The molecule has 338 valence electrons. The molecule has 1 aliphatic heterocycles. The third-order valence-electron chi connectivity index (χ3n) is 13.2. The van der Waals surface area contributed by atoms with E-state index in [0.717, 1.165) is 44.9 Å². The Balaban J connectivity index is 1.20. The summed E-state index contributed by atoms with van der Waals surface area (Å²) in [7, 11) is 0. The number of unbranched alkanes of at least 4 members (excludes halogenated alkanes) is 9. The lowest BCUT2D eigenvalue weighted by molar-refractivity contribution is -0.155. The summed E-state index contributed by atoms with van der Waals surface area (Å²) in [5.74, 6) is -0.642. The lowest BCUT2D eigenvalue weighted by Gasteiger charge is -2.56. The Morgan fingerprint density at radius 3 is 1.94 bits per heavy atom. The van der Waals surface area contributed by atoms with Gasteiger partial charge in [0, 0.05) is 18.0 Å². The number of carbonyl (C=O) groups is 6. The van der Waals surface area contributed by atoms with Crippen LogP contribution in [0.2, 0.25) is 0 Å². The summed E-state index contributed by atoms with van der Waals surface area (Å²) in [4.78, 5) is 83.0. The number of cyclic esters (lactones) is 1. The van der Waals surface area contributed by atoms with Crippen molar-refractivity contribution in [3.05, 3.63) is 42.0 Å². The molecule has 4 aliphatic carbocycles. The van der Waals surface area contributed by atoms with Crippen LogP contribution in [0.1, 0.15) is 149 Å². The standard InChI is InChI=1S/C49H67N3O10/c1-7-9-10-11-12-13-14-15-16-17-18-41(61-37-20-22-39(31(3)23-37)60-32(4)53)44(55)50-36-19-21-40(59-8-2)38(27-36)51-45(56)42(52-46(57)48(5,6)62-47(52)58)43(54)49-28-33-24-34(29-49)26-35(25-33)30-49/h19-23,27,33-35,41-42H,7-18,24-26,28-30H2,1-6H3,(H,50,55)(H,51,56). The molecular formula is C49H67N3O10. The van der Waals surface area contributed by atoms with Gasteiger partial charge < -0.3 is 29.6 Å². The molecule has 5 aliphatic rings. The van der Waals surface area contributed by atoms with Crippen molar-refractivity contribution >= 4 is 46.9 Å². The number of carbonyl (C=O) groups excluding carboxylic acids is 6. The van der Waals surface area contributed by atoms with Gasteiger partial charge in [0.05, 0.1) is 12.3 Å². The average molecular weight is 858 g/mol. The minimum atomic E-state index is -1.75. The number of benzene rings is 2. The number of anilines is 2. The van der Waals surface area contributed by atoms with E-state index >= 15 is 0 Å². The predicted molar refractivity (Wildman–Crippen MR) is 235 cm³/mol. The van der Waals surface area contributed by atoms with Crippen LogP contribution in [0.4, 0.5) is 16.2 Å². The Morgan fingerprint density at radius 2 is 1.39 bits per heavy atom. The first-order chi connectivity index (χ1) is 29.6. The Labute approximate surface area is 366 Å². The fourth-order valence-corrected chi connectivity index (χ4v) is 10.6. The fraction of sp³-hybridized carbons (Fsp3) is 0.633. The second-order valence-corrected chi connectivity index (χ2v) is 18.7. The highest BCUT2D eigenvalue weighted by molar-refractivity contribution is 6.19. The first-order valence-corrected chi connectivity index (χ1v) is 23.1. The third-order valence-corrected chi connectivity index (χ3v) is 13.2. The molecule has 0 aromatic heterocycles. The highest BCUT2D eigenvalue weighted by Gasteiger charge is 2.61. The van der Waals surface area contributed by atoms with Crippen LogP contribution in [0.25, 0.3) is 0 Å². The van der Waals surface area contributed by atoms with Crippen molar-refractivity contribution in [2.75, 3.05) is 17.2 Å². The van der Waals surface area contributed by atoms with Gasteiger partial charge in [-0.15, -0.1) is 0 Å². The molecule has 4 bridgehead atoms. The molecule has 2 aromatic carbocycles. The topological polar surface area (TPSA) is 167 Å². The average Bonchev–Trinajstić information content (AvgIpc) is 3.41. The molecule has 2 atom stereocenters. The van der Waals surface area contributed by atoms with Gasteiger partial charge >= 0.3 is 12.1 Å². The molecule has 0 radical (unpaired) electrons. The number of hydrogen-bond donors (Lipinski definition) is 2. The number of amides is 4. The van der Waals surface area contributed by atoms with Crippen molar-refractivity contribution in [2.24, 2.45) is 23.2 Å². The fourth-order valence-electron chi connectivity index (χ4n) is 10.6. The second kappa shape index (κ2) is 20.5. The largest absolute Gasteiger partial charge is 0.492 e. The van der Waals surface area contributed by atoms with Crippen LogP contribution in [0.5, 0.6) is 17.2 Å². The first kappa shape index (κ1) is 46.6. The lowest BCUT2D eigenvalue weighted by Crippen LogP contribution is -2.60. The van der Waals surface area contributed by atoms with Crippen LogP contribution in [0.3, 0.4) is 0 Å². The van der Waals surface area contributed by atoms with Crippen LogP contribution in [-0.4, -0.2) is 64.8 Å². The Kier molecular flexibility index (Phi) is 15.4. The summed E-state index contributed by atoms with van der Waals surface area (Å²) >= 11 is 0. The molecule has 1 saturated heterocycles. The van der Waals surface area contributed by atoms with E-state index in [2.05, 4.69) is 17.6 Å². The second-order valence-electron chi connectivity index (χ2n) is 18.7. The number of aryl methyl sites for hydroxylation is 1. The van der Waals surface area contributed by atoms with E-state index in [-0.39, 0.29) is 18.0 Å². The van der Waals surface area contributed by atoms with E-state index in [1.54, 1.807) is 44.2 Å². The van der Waals surface area contributed by atoms with Gasteiger partial charge in [-0.3, -0.25) is 24.0 Å². The number of ketones is 1. The third kappa shape index (κ3) is 11.2. The Bertz CT molecular complexity index is 1940. The molecule has 2 N–H and O–H groups in total. The van der Waals surface area contributed by atoms with Crippen LogP contribution in [0.15, 0.2) is 36.4 Å². The molecule has 4 amide bonds. The lowest BCUT2D eigenvalue weighted by atomic mass is 9.48. The summed E-state index contributed by atoms with van der Waals surface area (Å²) in [5.41, 5.74) is -1.21. The van der Waals surface area contributed by atoms with Gasteiger partial charge in [-0.05, 0) is 139 Å². The molecule has 2 aromatic rings.